The van der Waals surface area contributed by atoms with E-state index in [2.05, 4.69) is 4.72 Å². The predicted octanol–water partition coefficient (Wildman–Crippen LogP) is -0.267. The highest BCUT2D eigenvalue weighted by Crippen LogP contribution is 1.93. The summed E-state index contributed by atoms with van der Waals surface area (Å²) in [5.74, 6) is -0.947. The summed E-state index contributed by atoms with van der Waals surface area (Å²) in [6, 6.07) is 0. The largest absolute Gasteiger partial charge is 0.272 e. The Balaban J connectivity index is 4.07. The highest BCUT2D eigenvalue weighted by atomic mass is 32.2. The summed E-state index contributed by atoms with van der Waals surface area (Å²) >= 11 is 0. The number of carbonyl (C=O) groups excluding carboxylic acids is 1. The predicted molar refractivity (Wildman–Crippen MR) is 36.8 cm³/mol. The van der Waals surface area contributed by atoms with E-state index in [9.17, 15) is 13.2 Å². The molecule has 0 aliphatic carbocycles. The lowest BCUT2D eigenvalue weighted by Gasteiger charge is -1.99. The van der Waals surface area contributed by atoms with Crippen LogP contribution in [0.2, 0.25) is 0 Å². The number of hydrogen-bond donors (Lipinski definition) is 0. The van der Waals surface area contributed by atoms with Gasteiger partial charge in [0.25, 0.3) is 15.9 Å². The Morgan fingerprint density at radius 1 is 1.40 bits per heavy atom. The zero-order valence-corrected chi connectivity index (χ0v) is 6.97. The van der Waals surface area contributed by atoms with Gasteiger partial charge in [0.1, 0.15) is 0 Å². The average Bonchev–Trinajstić information content (AvgIpc) is 1.60. The van der Waals surface area contributed by atoms with Crippen molar-refractivity contribution in [2.24, 2.45) is 5.92 Å². The van der Waals surface area contributed by atoms with Gasteiger partial charge in [-0.2, -0.15) is 0 Å². The fourth-order valence-electron chi connectivity index (χ4n) is 0.269. The van der Waals surface area contributed by atoms with Gasteiger partial charge in [0.05, 0.1) is 6.26 Å². The Labute approximate surface area is 60.7 Å². The van der Waals surface area contributed by atoms with E-state index in [1.807, 2.05) is 0 Å². The zero-order valence-electron chi connectivity index (χ0n) is 6.16. The van der Waals surface area contributed by atoms with Crippen LogP contribution in [0, 0.1) is 5.92 Å². The van der Waals surface area contributed by atoms with Crippen LogP contribution in [0.15, 0.2) is 0 Å². The Morgan fingerprint density at radius 2 is 1.80 bits per heavy atom. The van der Waals surface area contributed by atoms with Gasteiger partial charge in [0.2, 0.25) is 0 Å². The van der Waals surface area contributed by atoms with Crippen LogP contribution < -0.4 is 4.72 Å². The number of carbonyl (C=O) groups is 1. The summed E-state index contributed by atoms with van der Waals surface area (Å²) in [7, 11) is -3.49. The lowest BCUT2D eigenvalue weighted by atomic mass is 10.2. The first kappa shape index (κ1) is 9.42. The van der Waals surface area contributed by atoms with Crippen LogP contribution >= 0.6 is 0 Å². The number of rotatable bonds is 2. The summed E-state index contributed by atoms with van der Waals surface area (Å²) in [6.07, 6.45) is 0.896. The third-order valence-corrected chi connectivity index (χ3v) is 1.26. The van der Waals surface area contributed by atoms with Gasteiger partial charge in [-0.15, -0.1) is 4.72 Å². The fourth-order valence-corrected chi connectivity index (χ4v) is 0.807. The monoisotopic (exact) mass is 164 g/mol. The topological polar surface area (TPSA) is 65.3 Å². The van der Waals surface area contributed by atoms with Crippen molar-refractivity contribution >= 4 is 15.9 Å². The normalized spacial score (nSPS) is 11.6. The van der Waals surface area contributed by atoms with E-state index in [-0.39, 0.29) is 5.92 Å². The number of hydrogen-bond acceptors (Lipinski definition) is 3. The molecule has 59 valence electrons. The molecule has 0 saturated heterocycles. The van der Waals surface area contributed by atoms with Crippen LogP contribution in [0.4, 0.5) is 0 Å². The van der Waals surface area contributed by atoms with Crippen LogP contribution in [0.1, 0.15) is 13.8 Å². The molecule has 10 heavy (non-hydrogen) atoms. The average molecular weight is 164 g/mol. The zero-order chi connectivity index (χ0) is 8.36. The first-order chi connectivity index (χ1) is 4.33. The SMILES string of the molecule is CC(C)C(=O)[N]S(C)(=O)=O. The van der Waals surface area contributed by atoms with Crippen molar-refractivity contribution in [1.82, 2.24) is 4.72 Å². The van der Waals surface area contributed by atoms with Gasteiger partial charge in [0.15, 0.2) is 0 Å². The van der Waals surface area contributed by atoms with Crippen LogP contribution in [0.5, 0.6) is 0 Å². The summed E-state index contributed by atoms with van der Waals surface area (Å²) < 4.78 is 23.7. The van der Waals surface area contributed by atoms with Crippen molar-refractivity contribution < 1.29 is 13.2 Å². The molecule has 0 aromatic carbocycles. The van der Waals surface area contributed by atoms with Crippen LogP contribution in [-0.4, -0.2) is 20.6 Å². The van der Waals surface area contributed by atoms with E-state index in [1.54, 1.807) is 13.8 Å². The van der Waals surface area contributed by atoms with Crippen molar-refractivity contribution in [3.05, 3.63) is 0 Å². The van der Waals surface area contributed by atoms with Crippen molar-refractivity contribution in [3.8, 4) is 0 Å². The van der Waals surface area contributed by atoms with Gasteiger partial charge < -0.3 is 0 Å². The van der Waals surface area contributed by atoms with Gasteiger partial charge in [-0.3, -0.25) is 4.79 Å². The molecule has 0 rings (SSSR count). The van der Waals surface area contributed by atoms with Gasteiger partial charge in [0, 0.05) is 5.92 Å². The summed E-state index contributed by atoms with van der Waals surface area (Å²) in [4.78, 5) is 10.6. The van der Waals surface area contributed by atoms with Crippen LogP contribution in [0.25, 0.3) is 0 Å². The summed E-state index contributed by atoms with van der Waals surface area (Å²) in [5, 5.41) is 0. The quantitative estimate of drug-likeness (QED) is 0.564. The molecule has 0 aromatic rings. The fraction of sp³-hybridized carbons (Fsp3) is 0.800. The number of nitrogens with zero attached hydrogens (tertiary/aromatic N) is 1. The molecule has 0 atom stereocenters. The Kier molecular flexibility index (Phi) is 2.83. The highest BCUT2D eigenvalue weighted by molar-refractivity contribution is 7.89. The van der Waals surface area contributed by atoms with E-state index in [0.717, 1.165) is 6.26 Å². The molecule has 4 nitrogen and oxygen atoms in total. The first-order valence-electron chi connectivity index (χ1n) is 2.80. The minimum Gasteiger partial charge on any atom is -0.272 e. The molecule has 0 aliphatic heterocycles. The Morgan fingerprint density at radius 3 is 1.90 bits per heavy atom. The third-order valence-electron chi connectivity index (χ3n) is 0.750. The van der Waals surface area contributed by atoms with E-state index >= 15 is 0 Å². The minimum absolute atomic E-state index is 0.352. The molecular weight excluding hydrogens is 154 g/mol. The molecule has 0 aliphatic rings. The molecular formula is C5H10NO3S. The van der Waals surface area contributed by atoms with Gasteiger partial charge >= 0.3 is 0 Å². The van der Waals surface area contributed by atoms with Crippen molar-refractivity contribution in [1.29, 1.82) is 0 Å². The highest BCUT2D eigenvalue weighted by Gasteiger charge is 2.14. The number of amides is 1. The molecule has 1 amide bonds. The van der Waals surface area contributed by atoms with E-state index in [4.69, 9.17) is 0 Å². The standard InChI is InChI=1S/C5H10NO3S/c1-4(2)5(7)6-10(3,8)9/h4H,1-3H3. The summed E-state index contributed by atoms with van der Waals surface area (Å²) in [5.41, 5.74) is 0. The van der Waals surface area contributed by atoms with E-state index < -0.39 is 15.9 Å². The molecule has 0 fully saturated rings. The molecule has 5 heteroatoms. The van der Waals surface area contributed by atoms with Gasteiger partial charge in [-0.1, -0.05) is 13.8 Å². The second-order valence-electron chi connectivity index (χ2n) is 2.32. The van der Waals surface area contributed by atoms with E-state index in [0.29, 0.717) is 0 Å². The number of sulfonamides is 1. The van der Waals surface area contributed by atoms with E-state index in [1.165, 1.54) is 0 Å². The second-order valence-corrected chi connectivity index (χ2v) is 3.97. The third kappa shape index (κ3) is 4.31. The first-order valence-corrected chi connectivity index (χ1v) is 4.64. The lowest BCUT2D eigenvalue weighted by Crippen LogP contribution is -2.25. The molecule has 0 bridgehead atoms. The smallest absolute Gasteiger partial charge is 0.259 e. The Bertz CT molecular complexity index is 217. The molecule has 1 radical (unpaired) electrons. The van der Waals surface area contributed by atoms with Crippen molar-refractivity contribution in [2.45, 2.75) is 13.8 Å². The molecule has 0 aromatic heterocycles. The van der Waals surface area contributed by atoms with Gasteiger partial charge in [-0.05, 0) is 0 Å². The molecule has 0 spiro atoms. The maximum atomic E-state index is 10.6. The second kappa shape index (κ2) is 3.01. The van der Waals surface area contributed by atoms with Crippen molar-refractivity contribution in [3.63, 3.8) is 0 Å². The van der Waals surface area contributed by atoms with Crippen LogP contribution in [-0.2, 0) is 14.8 Å². The Hall–Kier alpha value is -0.580. The van der Waals surface area contributed by atoms with Crippen LogP contribution in [0.3, 0.4) is 0 Å². The molecule has 0 N–H and O–H groups in total. The lowest BCUT2D eigenvalue weighted by molar-refractivity contribution is -0.122. The minimum atomic E-state index is -3.49. The maximum Gasteiger partial charge on any atom is 0.259 e. The molecule has 0 unspecified atom stereocenters. The van der Waals surface area contributed by atoms with Gasteiger partial charge in [-0.25, -0.2) is 8.42 Å². The summed E-state index contributed by atoms with van der Waals surface area (Å²) in [6.45, 7) is 3.19. The molecule has 0 heterocycles. The van der Waals surface area contributed by atoms with Crippen molar-refractivity contribution in [2.75, 3.05) is 6.26 Å². The maximum absolute atomic E-state index is 10.6. The molecule has 0 saturated carbocycles.